The fourth-order valence-corrected chi connectivity index (χ4v) is 9.77. The van der Waals surface area contributed by atoms with Gasteiger partial charge in [-0.05, 0) is 96.6 Å². The summed E-state index contributed by atoms with van der Waals surface area (Å²) in [5, 5.41) is 5.44. The third-order valence-corrected chi connectivity index (χ3v) is 12.5. The number of fused-ring (bicyclic) bond motifs is 3. The van der Waals surface area contributed by atoms with Crippen LogP contribution in [0.5, 0.6) is 5.75 Å². The van der Waals surface area contributed by atoms with Crippen LogP contribution >= 0.6 is 0 Å². The van der Waals surface area contributed by atoms with Crippen molar-refractivity contribution in [1.82, 2.24) is 0 Å². The Balaban J connectivity index is 0.000000258. The topological polar surface area (TPSA) is 9.23 Å². The van der Waals surface area contributed by atoms with Gasteiger partial charge in [0.2, 0.25) is 0 Å². The predicted octanol–water partition coefficient (Wildman–Crippen LogP) is 16.9. The monoisotopic (exact) mass is 928 g/mol. The molecule has 1 aliphatic carbocycles. The molecule has 0 atom stereocenters. The first-order valence-electron chi connectivity index (χ1n) is 22.2. The molecule has 0 N–H and O–H groups in total. The second-order valence-corrected chi connectivity index (χ2v) is 21.1. The Morgan fingerprint density at radius 1 is 0.492 bits per heavy atom. The summed E-state index contributed by atoms with van der Waals surface area (Å²) in [5.41, 5.74) is 23.6. The molecule has 7 aromatic rings. The molecule has 0 fully saturated rings. The van der Waals surface area contributed by atoms with Gasteiger partial charge in [-0.1, -0.05) is 181 Å². The van der Waals surface area contributed by atoms with Crippen LogP contribution < -0.4 is 4.74 Å². The summed E-state index contributed by atoms with van der Waals surface area (Å²) in [7, 11) is 1.81. The van der Waals surface area contributed by atoms with E-state index in [1.54, 1.807) is 11.1 Å². The van der Waals surface area contributed by atoms with Crippen molar-refractivity contribution in [2.45, 2.75) is 139 Å². The fourth-order valence-electron chi connectivity index (χ4n) is 9.77. The van der Waals surface area contributed by atoms with Crippen LogP contribution in [0.15, 0.2) is 84.9 Å². The standard InChI is InChI=1S/C29H39O.C29H29.2CH3.Si.Zr/c1-18-12-19-16-24(29(8,9)10)26(30-11)25(23(19)13-18)20-14-21(27(2,3)4)17-22(15-20)28(5,6)7;1-17-9-18(2)12-22(11-17)28-24-7-6-8-25(24)29(27-16-21(5)15-26(27)28)23-13-19(3)10-20(4)14-23;;;;/h12-17H,1-11H3;9-16H,6-8H2,1-5H3;2*1H3;;/q4*-1;;. The summed E-state index contributed by atoms with van der Waals surface area (Å²) in [6.07, 6.45) is 3.64. The molecule has 0 saturated carbocycles. The molecular formula is C60H74OSiZr-4. The van der Waals surface area contributed by atoms with Crippen LogP contribution in [0, 0.1) is 56.4 Å². The summed E-state index contributed by atoms with van der Waals surface area (Å²) in [6.45, 7) is 36.9. The first-order chi connectivity index (χ1) is 28.5. The van der Waals surface area contributed by atoms with Gasteiger partial charge in [-0.15, -0.1) is 50.9 Å². The number of hydrogen-bond donors (Lipinski definition) is 0. The van der Waals surface area contributed by atoms with Crippen LogP contribution in [0.2, 0.25) is 0 Å². The van der Waals surface area contributed by atoms with E-state index in [-0.39, 0.29) is 31.1 Å². The molecule has 8 rings (SSSR count). The van der Waals surface area contributed by atoms with Crippen LogP contribution in [0.3, 0.4) is 0 Å². The first-order valence-corrected chi connectivity index (χ1v) is 26.3. The number of rotatable bonds is 4. The molecule has 0 amide bonds. The second kappa shape index (κ2) is 19.8. The van der Waals surface area contributed by atoms with Crippen LogP contribution in [0.25, 0.3) is 54.9 Å². The average Bonchev–Trinajstić information content (AvgIpc) is 3.89. The molecular weight excluding hydrogens is 856 g/mol. The number of benzene rings is 5. The third kappa shape index (κ3) is 10.9. The van der Waals surface area contributed by atoms with Crippen LogP contribution in [-0.2, 0) is 52.4 Å². The van der Waals surface area contributed by atoms with Gasteiger partial charge in [0.05, 0.1) is 7.11 Å². The Labute approximate surface area is 400 Å². The average molecular weight is 931 g/mol. The summed E-state index contributed by atoms with van der Waals surface area (Å²) in [5.74, 6) is 1.01. The normalized spacial score (nSPS) is 12.4. The Morgan fingerprint density at radius 3 is 1.38 bits per heavy atom. The Hall–Kier alpha value is -3.78. The summed E-state index contributed by atoms with van der Waals surface area (Å²) >= 11 is 1.36. The molecule has 3 heteroatoms. The number of methoxy groups -OCH3 is 1. The van der Waals surface area contributed by atoms with Crippen molar-refractivity contribution in [3.8, 4) is 39.1 Å². The van der Waals surface area contributed by atoms with E-state index in [1.807, 2.05) is 7.11 Å². The first kappa shape index (κ1) is 51.9. The van der Waals surface area contributed by atoms with Crippen molar-refractivity contribution in [2.24, 2.45) is 0 Å². The van der Waals surface area contributed by atoms with Crippen LogP contribution in [0.4, 0.5) is 0 Å². The minimum absolute atomic E-state index is 0. The molecule has 7 aromatic carbocycles. The van der Waals surface area contributed by atoms with Gasteiger partial charge in [0, 0.05) is 0 Å². The Bertz CT molecular complexity index is 2580. The molecule has 0 aromatic heterocycles. The van der Waals surface area contributed by atoms with Crippen molar-refractivity contribution < 1.29 is 28.1 Å². The van der Waals surface area contributed by atoms with Crippen LogP contribution in [-0.4, -0.2) is 14.0 Å². The van der Waals surface area contributed by atoms with Gasteiger partial charge in [0.25, 0.3) is 0 Å². The third-order valence-electron chi connectivity index (χ3n) is 12.5. The van der Waals surface area contributed by atoms with E-state index in [4.69, 9.17) is 4.74 Å². The zero-order valence-electron chi connectivity index (χ0n) is 42.1. The molecule has 0 spiro atoms. The zero-order valence-corrected chi connectivity index (χ0v) is 45.6. The van der Waals surface area contributed by atoms with Gasteiger partial charge in [-0.2, -0.15) is 12.1 Å². The van der Waals surface area contributed by atoms with E-state index in [0.717, 1.165) is 5.75 Å². The quantitative estimate of drug-likeness (QED) is 0.126. The molecule has 1 aliphatic rings. The molecule has 0 saturated heterocycles. The Morgan fingerprint density at radius 2 is 0.921 bits per heavy atom. The minimum atomic E-state index is -0.00600. The molecule has 0 aliphatic heterocycles. The summed E-state index contributed by atoms with van der Waals surface area (Å²) in [4.78, 5) is 0. The molecule has 1 nitrogen and oxygen atoms in total. The fraction of sp³-hybridized carbons (Fsp3) is 0.367. The van der Waals surface area contributed by atoms with Crippen molar-refractivity contribution in [1.29, 1.82) is 0 Å². The Kier molecular flexibility index (Phi) is 16.3. The molecule has 2 radical (unpaired) electrons. The number of hydrogen-bond acceptors (Lipinski definition) is 1. The molecule has 0 unspecified atom stereocenters. The van der Waals surface area contributed by atoms with Crippen molar-refractivity contribution in [3.05, 3.63) is 161 Å². The molecule has 332 valence electrons. The van der Waals surface area contributed by atoms with Gasteiger partial charge in [-0.25, -0.2) is 0 Å². The number of ether oxygens (including phenoxy) is 1. The summed E-state index contributed by atoms with van der Waals surface area (Å²) in [6, 6.07) is 32.9. The maximum atomic E-state index is 6.13. The van der Waals surface area contributed by atoms with Gasteiger partial charge >= 0.3 is 30.2 Å². The zero-order chi connectivity index (χ0) is 44.9. The maximum absolute atomic E-state index is 6.13. The van der Waals surface area contributed by atoms with E-state index in [2.05, 4.69) is 196 Å². The van der Waals surface area contributed by atoms with Crippen molar-refractivity contribution in [3.63, 3.8) is 0 Å². The van der Waals surface area contributed by atoms with Gasteiger partial charge < -0.3 is 19.6 Å². The molecule has 0 heterocycles. The van der Waals surface area contributed by atoms with E-state index in [9.17, 15) is 0 Å². The van der Waals surface area contributed by atoms with Crippen molar-refractivity contribution >= 4 is 28.4 Å². The predicted molar refractivity (Wildman–Crippen MR) is 277 cm³/mol. The summed E-state index contributed by atoms with van der Waals surface area (Å²) < 4.78 is 6.13. The van der Waals surface area contributed by atoms with E-state index >= 15 is 0 Å². The van der Waals surface area contributed by atoms with Crippen molar-refractivity contribution in [2.75, 3.05) is 7.11 Å². The van der Waals surface area contributed by atoms with Gasteiger partial charge in [0.1, 0.15) is 5.75 Å². The molecule has 0 bridgehead atoms. The SMILES string of the molecule is COc1c(C(C)(C)C)cc2[cH-]c(C)cc2c1-c1cc(C(C)(C)C)cc(C(C)(C)C)c1.Cc1cc(C)cc(-c2c3c(c(-c4cc(C)cc(C)c4)c4[cH-]c(C)cc24)CCC3)c1.[CH3-].[CH3-].[Si]=[Zr]. The number of aryl methyl sites for hydroxylation is 6. The molecule has 63 heavy (non-hydrogen) atoms. The van der Waals surface area contributed by atoms with E-state index in [1.165, 1.54) is 148 Å². The van der Waals surface area contributed by atoms with Crippen LogP contribution in [0.1, 0.15) is 130 Å². The second-order valence-electron chi connectivity index (χ2n) is 21.1. The van der Waals surface area contributed by atoms with Gasteiger partial charge in [-0.3, -0.25) is 0 Å². The van der Waals surface area contributed by atoms with E-state index < -0.39 is 0 Å². The van der Waals surface area contributed by atoms with E-state index in [0.29, 0.717) is 0 Å². The van der Waals surface area contributed by atoms with Gasteiger partial charge in [0.15, 0.2) is 0 Å².